The van der Waals surface area contributed by atoms with E-state index in [1.165, 1.54) is 0 Å². The summed E-state index contributed by atoms with van der Waals surface area (Å²) >= 11 is 5.54. The molecule has 0 fully saturated rings. The van der Waals surface area contributed by atoms with Crippen LogP contribution in [-0.2, 0) is 0 Å². The van der Waals surface area contributed by atoms with Gasteiger partial charge in [0.25, 0.3) is 5.24 Å². The maximum absolute atomic E-state index is 11.3. The molecule has 0 saturated carbocycles. The topological polar surface area (TPSA) is 30.0 Å². The van der Waals surface area contributed by atoms with Crippen LogP contribution in [0.4, 0.5) is 0 Å². The normalized spacial score (nSPS) is 9.94. The van der Waals surface area contributed by atoms with Crippen molar-refractivity contribution in [2.45, 2.75) is 0 Å². The standard InChI is InChI=1S/C14H10ClNO/c1-2-10-11(13-8-3-4-9-16-13)6-5-7-12(10)14(15)17/h2-9H,1H2. The van der Waals surface area contributed by atoms with Crippen LogP contribution in [0.2, 0.25) is 0 Å². The number of benzene rings is 1. The first kappa shape index (κ1) is 11.6. The first-order valence-corrected chi connectivity index (χ1v) is 5.48. The number of hydrogen-bond acceptors (Lipinski definition) is 2. The zero-order chi connectivity index (χ0) is 12.3. The first-order valence-electron chi connectivity index (χ1n) is 5.10. The molecule has 0 amide bonds. The van der Waals surface area contributed by atoms with Gasteiger partial charge < -0.3 is 0 Å². The molecule has 0 atom stereocenters. The lowest BCUT2D eigenvalue weighted by Crippen LogP contribution is -1.96. The average Bonchev–Trinajstić information content (AvgIpc) is 2.38. The molecule has 1 aromatic heterocycles. The van der Waals surface area contributed by atoms with E-state index in [1.807, 2.05) is 24.3 Å². The smallest absolute Gasteiger partial charge is 0.253 e. The van der Waals surface area contributed by atoms with Crippen LogP contribution in [0.15, 0.2) is 49.2 Å². The Kier molecular flexibility index (Phi) is 3.35. The molecule has 17 heavy (non-hydrogen) atoms. The Bertz CT molecular complexity index is 564. The Morgan fingerprint density at radius 1 is 1.24 bits per heavy atom. The fraction of sp³-hybridized carbons (Fsp3) is 0. The van der Waals surface area contributed by atoms with Crippen molar-refractivity contribution in [3.63, 3.8) is 0 Å². The van der Waals surface area contributed by atoms with Gasteiger partial charge in [0.2, 0.25) is 0 Å². The van der Waals surface area contributed by atoms with E-state index in [1.54, 1.807) is 24.4 Å². The molecule has 0 bridgehead atoms. The average molecular weight is 244 g/mol. The quantitative estimate of drug-likeness (QED) is 0.768. The van der Waals surface area contributed by atoms with E-state index in [9.17, 15) is 4.79 Å². The Balaban J connectivity index is 2.67. The van der Waals surface area contributed by atoms with Crippen molar-refractivity contribution in [3.05, 3.63) is 60.3 Å². The Labute approximate surface area is 105 Å². The van der Waals surface area contributed by atoms with Gasteiger partial charge in [-0.2, -0.15) is 0 Å². The van der Waals surface area contributed by atoms with E-state index in [4.69, 9.17) is 11.6 Å². The number of aromatic nitrogens is 1. The number of carbonyl (C=O) groups is 1. The summed E-state index contributed by atoms with van der Waals surface area (Å²) in [5.74, 6) is 0. The van der Waals surface area contributed by atoms with Gasteiger partial charge in [-0.25, -0.2) is 0 Å². The minimum atomic E-state index is -0.488. The van der Waals surface area contributed by atoms with E-state index in [-0.39, 0.29) is 0 Å². The Morgan fingerprint density at radius 2 is 2.06 bits per heavy atom. The zero-order valence-electron chi connectivity index (χ0n) is 9.06. The second kappa shape index (κ2) is 4.93. The highest BCUT2D eigenvalue weighted by molar-refractivity contribution is 6.68. The molecule has 0 saturated heterocycles. The molecular formula is C14H10ClNO. The van der Waals surface area contributed by atoms with Gasteiger partial charge in [-0.05, 0) is 35.4 Å². The maximum atomic E-state index is 11.3. The number of rotatable bonds is 3. The fourth-order valence-corrected chi connectivity index (χ4v) is 1.87. The monoisotopic (exact) mass is 243 g/mol. The molecule has 2 nitrogen and oxygen atoms in total. The molecule has 0 aliphatic heterocycles. The van der Waals surface area contributed by atoms with Gasteiger partial charge in [-0.15, -0.1) is 0 Å². The predicted octanol–water partition coefficient (Wildman–Crippen LogP) is 3.77. The third kappa shape index (κ3) is 2.27. The molecule has 0 unspecified atom stereocenters. The SMILES string of the molecule is C=Cc1c(C(=O)Cl)cccc1-c1ccccn1. The van der Waals surface area contributed by atoms with Crippen molar-refractivity contribution in [3.8, 4) is 11.3 Å². The molecule has 0 N–H and O–H groups in total. The molecule has 0 radical (unpaired) electrons. The highest BCUT2D eigenvalue weighted by atomic mass is 35.5. The molecule has 0 aliphatic carbocycles. The second-order valence-electron chi connectivity index (χ2n) is 3.46. The summed E-state index contributed by atoms with van der Waals surface area (Å²) in [6.45, 7) is 3.72. The van der Waals surface area contributed by atoms with Crippen molar-refractivity contribution >= 4 is 22.9 Å². The van der Waals surface area contributed by atoms with Crippen LogP contribution in [0.5, 0.6) is 0 Å². The van der Waals surface area contributed by atoms with Crippen molar-refractivity contribution in [1.29, 1.82) is 0 Å². The van der Waals surface area contributed by atoms with Crippen molar-refractivity contribution in [2.75, 3.05) is 0 Å². The molecule has 84 valence electrons. The van der Waals surface area contributed by atoms with E-state index in [2.05, 4.69) is 11.6 Å². The summed E-state index contributed by atoms with van der Waals surface area (Å²) in [4.78, 5) is 15.6. The van der Waals surface area contributed by atoms with E-state index in [0.29, 0.717) is 11.1 Å². The Morgan fingerprint density at radius 3 is 2.65 bits per heavy atom. The third-order valence-electron chi connectivity index (χ3n) is 2.46. The van der Waals surface area contributed by atoms with Crippen LogP contribution in [0.1, 0.15) is 15.9 Å². The van der Waals surface area contributed by atoms with E-state index >= 15 is 0 Å². The van der Waals surface area contributed by atoms with Crippen LogP contribution in [0, 0.1) is 0 Å². The first-order chi connectivity index (χ1) is 8.24. The lowest BCUT2D eigenvalue weighted by Gasteiger charge is -2.08. The number of carbonyl (C=O) groups excluding carboxylic acids is 1. The van der Waals surface area contributed by atoms with Crippen molar-refractivity contribution in [2.24, 2.45) is 0 Å². The molecule has 0 aliphatic rings. The highest BCUT2D eigenvalue weighted by Crippen LogP contribution is 2.26. The summed E-state index contributed by atoms with van der Waals surface area (Å²) in [6, 6.07) is 11.0. The van der Waals surface area contributed by atoms with Crippen LogP contribution >= 0.6 is 11.6 Å². The number of halogens is 1. The summed E-state index contributed by atoms with van der Waals surface area (Å²) in [6.07, 6.45) is 3.33. The lowest BCUT2D eigenvalue weighted by atomic mass is 9.99. The number of nitrogens with zero attached hydrogens (tertiary/aromatic N) is 1. The maximum Gasteiger partial charge on any atom is 0.253 e. The van der Waals surface area contributed by atoms with Crippen LogP contribution in [0.3, 0.4) is 0 Å². The lowest BCUT2D eigenvalue weighted by molar-refractivity contribution is 0.108. The molecule has 1 heterocycles. The molecule has 2 aromatic rings. The van der Waals surface area contributed by atoms with Gasteiger partial charge >= 0.3 is 0 Å². The summed E-state index contributed by atoms with van der Waals surface area (Å²) < 4.78 is 0. The van der Waals surface area contributed by atoms with Crippen LogP contribution in [0.25, 0.3) is 17.3 Å². The molecule has 3 heteroatoms. The summed E-state index contributed by atoms with van der Waals surface area (Å²) in [5, 5.41) is -0.488. The summed E-state index contributed by atoms with van der Waals surface area (Å²) in [7, 11) is 0. The van der Waals surface area contributed by atoms with Gasteiger partial charge in [0.1, 0.15) is 0 Å². The van der Waals surface area contributed by atoms with E-state index < -0.39 is 5.24 Å². The van der Waals surface area contributed by atoms with Crippen LogP contribution in [-0.4, -0.2) is 10.2 Å². The van der Waals surface area contributed by atoms with Gasteiger partial charge in [0.05, 0.1) is 5.69 Å². The largest absolute Gasteiger partial charge is 0.276 e. The van der Waals surface area contributed by atoms with Crippen molar-refractivity contribution in [1.82, 2.24) is 4.98 Å². The molecule has 2 rings (SSSR count). The Hall–Kier alpha value is -1.93. The number of hydrogen-bond donors (Lipinski definition) is 0. The van der Waals surface area contributed by atoms with Gasteiger partial charge in [0, 0.05) is 17.3 Å². The zero-order valence-corrected chi connectivity index (χ0v) is 9.82. The van der Waals surface area contributed by atoms with Crippen LogP contribution < -0.4 is 0 Å². The van der Waals surface area contributed by atoms with Gasteiger partial charge in [0.15, 0.2) is 0 Å². The minimum Gasteiger partial charge on any atom is -0.276 e. The fourth-order valence-electron chi connectivity index (χ4n) is 1.70. The van der Waals surface area contributed by atoms with Gasteiger partial charge in [-0.3, -0.25) is 9.78 Å². The number of pyridine rings is 1. The predicted molar refractivity (Wildman–Crippen MR) is 69.9 cm³/mol. The van der Waals surface area contributed by atoms with Crippen molar-refractivity contribution < 1.29 is 4.79 Å². The van der Waals surface area contributed by atoms with E-state index in [0.717, 1.165) is 11.3 Å². The molecule has 0 spiro atoms. The molecule has 1 aromatic carbocycles. The third-order valence-corrected chi connectivity index (χ3v) is 2.67. The highest BCUT2D eigenvalue weighted by Gasteiger charge is 2.12. The summed E-state index contributed by atoms with van der Waals surface area (Å²) in [5.41, 5.74) is 2.81. The molecular weight excluding hydrogens is 234 g/mol. The van der Waals surface area contributed by atoms with Gasteiger partial charge in [-0.1, -0.05) is 30.9 Å². The minimum absolute atomic E-state index is 0.449. The second-order valence-corrected chi connectivity index (χ2v) is 3.80.